The molecule has 1 aliphatic carbocycles. The summed E-state index contributed by atoms with van der Waals surface area (Å²) < 4.78 is 94.3. The molecule has 1 saturated carbocycles. The van der Waals surface area contributed by atoms with E-state index in [-0.39, 0.29) is 47.2 Å². The smallest absolute Gasteiger partial charge is 0.411 e. The Hall–Kier alpha value is -4.04. The highest BCUT2D eigenvalue weighted by Crippen LogP contribution is 2.49. The van der Waals surface area contributed by atoms with Crippen LogP contribution in [0.1, 0.15) is 49.4 Å². The van der Waals surface area contributed by atoms with E-state index in [0.717, 1.165) is 25.0 Å². The summed E-state index contributed by atoms with van der Waals surface area (Å²) in [5.41, 5.74) is -3.09. The molecule has 2 heterocycles. The number of nitrogens with zero attached hydrogens (tertiary/aromatic N) is 2. The van der Waals surface area contributed by atoms with Crippen molar-refractivity contribution < 1.29 is 45.7 Å². The molecule has 2 aliphatic rings. The zero-order valence-corrected chi connectivity index (χ0v) is 23.5. The number of alkyl halides is 6. The van der Waals surface area contributed by atoms with Crippen molar-refractivity contribution in [2.75, 3.05) is 19.0 Å². The summed E-state index contributed by atoms with van der Waals surface area (Å²) in [5, 5.41) is 20.5. The monoisotopic (exact) mass is 624 g/mol. The van der Waals surface area contributed by atoms with Crippen LogP contribution in [0.15, 0.2) is 66.4 Å². The number of aliphatic hydroxyl groups is 1. The van der Waals surface area contributed by atoms with Crippen molar-refractivity contribution >= 4 is 17.2 Å². The van der Waals surface area contributed by atoms with Gasteiger partial charge in [0, 0.05) is 24.7 Å². The van der Waals surface area contributed by atoms with E-state index in [1.165, 1.54) is 25.3 Å². The third-order valence-electron chi connectivity index (χ3n) is 7.56. The highest BCUT2D eigenvalue weighted by Gasteiger charge is 2.60. The number of anilines is 1. The Morgan fingerprint density at radius 3 is 2.30 bits per heavy atom. The van der Waals surface area contributed by atoms with Gasteiger partial charge in [-0.2, -0.15) is 31.4 Å². The van der Waals surface area contributed by atoms with Gasteiger partial charge in [-0.25, -0.2) is 0 Å². The van der Waals surface area contributed by atoms with Gasteiger partial charge in [0.05, 0.1) is 31.0 Å². The minimum absolute atomic E-state index is 0.0862. The molecule has 3 N–H and O–H groups in total. The average Bonchev–Trinajstić information content (AvgIpc) is 3.70. The van der Waals surface area contributed by atoms with Gasteiger partial charge < -0.3 is 19.9 Å². The molecule has 0 radical (unpaired) electrons. The standard InChI is InChI=1S/C30H30F6N4O4/c1-43-21-11-5-19(6-12-21)37-26(41)25-23(24-13-15-40(39-24)20-7-8-20)17-28(30(34,35)36,38-27(25)42)18-3-9-22(10-4-18)44-16-2-14-29(31,32)33/h3-6,9-13,15,20,27,38,42H,2,7-8,14,16-17H2,1H3,(H,37,41). The number of methoxy groups -OCH3 is 1. The second-order valence-electron chi connectivity index (χ2n) is 10.7. The Bertz CT molecular complexity index is 1500. The second kappa shape index (κ2) is 12.2. The Morgan fingerprint density at radius 1 is 1.05 bits per heavy atom. The molecular formula is C30H30F6N4O4. The van der Waals surface area contributed by atoms with Crippen molar-refractivity contribution in [3.05, 3.63) is 77.6 Å². The molecule has 44 heavy (non-hydrogen) atoms. The van der Waals surface area contributed by atoms with Gasteiger partial charge in [-0.05, 0) is 72.9 Å². The summed E-state index contributed by atoms with van der Waals surface area (Å²) in [4.78, 5) is 13.5. The number of benzene rings is 2. The lowest BCUT2D eigenvalue weighted by Crippen LogP contribution is -2.61. The van der Waals surface area contributed by atoms with Gasteiger partial charge in [0.2, 0.25) is 0 Å². The van der Waals surface area contributed by atoms with Crippen LogP contribution in [0.4, 0.5) is 32.0 Å². The Balaban J connectivity index is 1.48. The number of aliphatic hydroxyl groups excluding tert-OH is 1. The van der Waals surface area contributed by atoms with Crippen molar-refractivity contribution in [2.24, 2.45) is 0 Å². The van der Waals surface area contributed by atoms with E-state index in [1.54, 1.807) is 35.1 Å². The van der Waals surface area contributed by atoms with Crippen LogP contribution in [-0.2, 0) is 10.3 Å². The maximum atomic E-state index is 15.0. The molecule has 2 atom stereocenters. The van der Waals surface area contributed by atoms with E-state index in [9.17, 15) is 23.1 Å². The van der Waals surface area contributed by atoms with Gasteiger partial charge in [-0.15, -0.1) is 0 Å². The number of halogens is 6. The summed E-state index contributed by atoms with van der Waals surface area (Å²) in [6, 6.07) is 12.6. The predicted octanol–water partition coefficient (Wildman–Crippen LogP) is 6.11. The van der Waals surface area contributed by atoms with E-state index < -0.39 is 42.9 Å². The van der Waals surface area contributed by atoms with Crippen LogP contribution in [-0.4, -0.2) is 53.1 Å². The van der Waals surface area contributed by atoms with Crippen LogP contribution >= 0.6 is 0 Å². The summed E-state index contributed by atoms with van der Waals surface area (Å²) in [5.74, 6) is -0.201. The third kappa shape index (κ3) is 6.86. The molecule has 2 aromatic carbocycles. The lowest BCUT2D eigenvalue weighted by atomic mass is 9.77. The lowest BCUT2D eigenvalue weighted by Gasteiger charge is -2.43. The molecule has 3 aromatic rings. The number of ether oxygens (including phenoxy) is 2. The summed E-state index contributed by atoms with van der Waals surface area (Å²) in [7, 11) is 1.47. The zero-order valence-electron chi connectivity index (χ0n) is 23.5. The second-order valence-corrected chi connectivity index (χ2v) is 10.7. The lowest BCUT2D eigenvalue weighted by molar-refractivity contribution is -0.209. The number of carbonyl (C=O) groups excluding carboxylic acids is 1. The number of hydrogen-bond acceptors (Lipinski definition) is 6. The first-order valence-electron chi connectivity index (χ1n) is 13.9. The minimum atomic E-state index is -4.97. The van der Waals surface area contributed by atoms with Crippen LogP contribution in [0.25, 0.3) is 5.57 Å². The summed E-state index contributed by atoms with van der Waals surface area (Å²) >= 11 is 0. The van der Waals surface area contributed by atoms with Crippen molar-refractivity contribution in [1.29, 1.82) is 0 Å². The number of aromatic nitrogens is 2. The molecule has 1 amide bonds. The fraction of sp³-hybridized carbons (Fsp3) is 0.400. The van der Waals surface area contributed by atoms with Crippen LogP contribution in [0, 0.1) is 0 Å². The van der Waals surface area contributed by atoms with Crippen LogP contribution in [0.3, 0.4) is 0 Å². The number of rotatable bonds is 10. The number of nitrogens with one attached hydrogen (secondary N) is 2. The SMILES string of the molecule is COc1ccc(NC(=O)C2=C(c3ccn(C4CC4)n3)CC(c3ccc(OCCCC(F)(F)F)cc3)(C(F)(F)F)NC2O)cc1. The first kappa shape index (κ1) is 31.4. The summed E-state index contributed by atoms with van der Waals surface area (Å²) in [6.07, 6.45) is -10.1. The van der Waals surface area contributed by atoms with Crippen LogP contribution in [0.5, 0.6) is 11.5 Å². The molecule has 1 fully saturated rings. The molecule has 0 spiro atoms. The fourth-order valence-electron chi connectivity index (χ4n) is 5.12. The first-order chi connectivity index (χ1) is 20.8. The molecule has 2 unspecified atom stereocenters. The highest BCUT2D eigenvalue weighted by atomic mass is 19.4. The van der Waals surface area contributed by atoms with Gasteiger partial charge in [0.1, 0.15) is 23.3 Å². The molecule has 8 nitrogen and oxygen atoms in total. The fourth-order valence-corrected chi connectivity index (χ4v) is 5.12. The maximum Gasteiger partial charge on any atom is 0.411 e. The largest absolute Gasteiger partial charge is 0.497 e. The van der Waals surface area contributed by atoms with Crippen LogP contribution in [0.2, 0.25) is 0 Å². The maximum absolute atomic E-state index is 15.0. The molecule has 0 saturated heterocycles. The Kier molecular flexibility index (Phi) is 8.67. The van der Waals surface area contributed by atoms with E-state index in [2.05, 4.69) is 15.7 Å². The van der Waals surface area contributed by atoms with Crippen LogP contribution < -0.4 is 20.1 Å². The molecule has 1 aliphatic heterocycles. The zero-order chi connectivity index (χ0) is 31.7. The first-order valence-corrected chi connectivity index (χ1v) is 13.9. The molecule has 0 bridgehead atoms. The number of carbonyl (C=O) groups is 1. The molecule has 5 rings (SSSR count). The predicted molar refractivity (Wildman–Crippen MR) is 148 cm³/mol. The van der Waals surface area contributed by atoms with E-state index in [1.807, 2.05) is 0 Å². The Morgan fingerprint density at radius 2 is 1.70 bits per heavy atom. The molecule has 14 heteroatoms. The van der Waals surface area contributed by atoms with E-state index in [4.69, 9.17) is 9.47 Å². The van der Waals surface area contributed by atoms with Gasteiger partial charge in [-0.1, -0.05) is 12.1 Å². The van der Waals surface area contributed by atoms with Gasteiger partial charge in [-0.3, -0.25) is 14.8 Å². The molecule has 236 valence electrons. The minimum Gasteiger partial charge on any atom is -0.497 e. The third-order valence-corrected chi connectivity index (χ3v) is 7.56. The topological polar surface area (TPSA) is 97.6 Å². The van der Waals surface area contributed by atoms with Gasteiger partial charge >= 0.3 is 12.4 Å². The molecule has 1 aromatic heterocycles. The normalized spacial score (nSPS) is 20.9. The van der Waals surface area contributed by atoms with Crippen molar-refractivity contribution in [1.82, 2.24) is 15.1 Å². The van der Waals surface area contributed by atoms with Gasteiger partial charge in [0.25, 0.3) is 5.91 Å². The van der Waals surface area contributed by atoms with E-state index >= 15 is 13.2 Å². The van der Waals surface area contributed by atoms with Gasteiger partial charge in [0.15, 0.2) is 0 Å². The van der Waals surface area contributed by atoms with E-state index in [0.29, 0.717) is 11.4 Å². The highest BCUT2D eigenvalue weighted by molar-refractivity contribution is 6.10. The van der Waals surface area contributed by atoms with Crippen molar-refractivity contribution in [3.8, 4) is 11.5 Å². The Labute approximate surface area is 248 Å². The average molecular weight is 625 g/mol. The van der Waals surface area contributed by atoms with Crippen molar-refractivity contribution in [2.45, 2.75) is 62.3 Å². The summed E-state index contributed by atoms with van der Waals surface area (Å²) in [6.45, 7) is -0.274. The molecular weight excluding hydrogens is 594 g/mol. The number of hydrogen-bond donors (Lipinski definition) is 3. The number of amides is 1. The quantitative estimate of drug-likeness (QED) is 0.186. The van der Waals surface area contributed by atoms with Crippen molar-refractivity contribution in [3.63, 3.8) is 0 Å².